The molecule has 2 aromatic heterocycles. The molecule has 0 spiro atoms. The number of aryl methyl sites for hydroxylation is 3. The quantitative estimate of drug-likeness (QED) is 0.888. The van der Waals surface area contributed by atoms with E-state index in [0.29, 0.717) is 0 Å². The predicted molar refractivity (Wildman–Crippen MR) is 67.7 cm³/mol. The highest BCUT2D eigenvalue weighted by molar-refractivity contribution is 7.12. The van der Waals surface area contributed by atoms with Crippen LogP contribution in [0.25, 0.3) is 0 Å². The van der Waals surface area contributed by atoms with Crippen molar-refractivity contribution in [3.8, 4) is 0 Å². The highest BCUT2D eigenvalue weighted by Crippen LogP contribution is 2.28. The maximum absolute atomic E-state index is 6.22. The summed E-state index contributed by atoms with van der Waals surface area (Å²) in [6.45, 7) is 7.21. The lowest BCUT2D eigenvalue weighted by Crippen LogP contribution is -2.09. The Kier molecular flexibility index (Phi) is 3.12. The molecule has 0 aliphatic carbocycles. The summed E-state index contributed by atoms with van der Waals surface area (Å²) in [4.78, 5) is 2.55. The van der Waals surface area contributed by atoms with Gasteiger partial charge in [0.05, 0.1) is 12.2 Å². The highest BCUT2D eigenvalue weighted by atomic mass is 32.1. The Morgan fingerprint density at radius 3 is 2.75 bits per heavy atom. The molecule has 4 heteroatoms. The monoisotopic (exact) mass is 235 g/mol. The number of nitrogens with two attached hydrogens (primary N) is 1. The van der Waals surface area contributed by atoms with Crippen LogP contribution in [0.4, 0.5) is 0 Å². The summed E-state index contributed by atoms with van der Waals surface area (Å²) >= 11 is 1.77. The van der Waals surface area contributed by atoms with Gasteiger partial charge >= 0.3 is 0 Å². The van der Waals surface area contributed by atoms with Crippen LogP contribution < -0.4 is 5.73 Å². The van der Waals surface area contributed by atoms with Gasteiger partial charge in [-0.05, 0) is 32.4 Å². The maximum atomic E-state index is 6.22. The van der Waals surface area contributed by atoms with Crippen molar-refractivity contribution in [3.63, 3.8) is 0 Å². The van der Waals surface area contributed by atoms with E-state index in [1.54, 1.807) is 11.3 Å². The number of thiophene rings is 1. The van der Waals surface area contributed by atoms with Gasteiger partial charge in [0.25, 0.3) is 0 Å². The smallest absolute Gasteiger partial charge is 0.0677 e. The SMILES string of the molecule is CCn1cc(C(N)c2cc(C)c(C)s2)cn1. The Bertz CT molecular complexity index is 465. The summed E-state index contributed by atoms with van der Waals surface area (Å²) in [7, 11) is 0. The lowest BCUT2D eigenvalue weighted by atomic mass is 10.1. The van der Waals surface area contributed by atoms with Gasteiger partial charge in [0.2, 0.25) is 0 Å². The van der Waals surface area contributed by atoms with Crippen LogP contribution in [0.2, 0.25) is 0 Å². The van der Waals surface area contributed by atoms with E-state index in [1.165, 1.54) is 15.3 Å². The number of hydrogen-bond acceptors (Lipinski definition) is 3. The maximum Gasteiger partial charge on any atom is 0.0677 e. The van der Waals surface area contributed by atoms with Gasteiger partial charge in [-0.2, -0.15) is 5.10 Å². The minimum atomic E-state index is -0.0438. The number of nitrogens with zero attached hydrogens (tertiary/aromatic N) is 2. The topological polar surface area (TPSA) is 43.8 Å². The van der Waals surface area contributed by atoms with Gasteiger partial charge in [0, 0.05) is 28.1 Å². The molecule has 2 aromatic rings. The van der Waals surface area contributed by atoms with E-state index in [9.17, 15) is 0 Å². The standard InChI is InChI=1S/C12H17N3S/c1-4-15-7-10(6-14-15)12(13)11-5-8(2)9(3)16-11/h5-7,12H,4,13H2,1-3H3. The minimum Gasteiger partial charge on any atom is -0.320 e. The number of rotatable bonds is 3. The van der Waals surface area contributed by atoms with Crippen molar-refractivity contribution in [2.24, 2.45) is 5.73 Å². The fourth-order valence-electron chi connectivity index (χ4n) is 1.63. The summed E-state index contributed by atoms with van der Waals surface area (Å²) in [6, 6.07) is 2.13. The lowest BCUT2D eigenvalue weighted by Gasteiger charge is -2.05. The zero-order valence-electron chi connectivity index (χ0n) is 9.90. The molecular formula is C12H17N3S. The van der Waals surface area contributed by atoms with Gasteiger partial charge < -0.3 is 5.73 Å². The number of aromatic nitrogens is 2. The molecule has 0 saturated carbocycles. The number of hydrogen-bond donors (Lipinski definition) is 1. The third-order valence-electron chi connectivity index (χ3n) is 2.83. The fraction of sp³-hybridized carbons (Fsp3) is 0.417. The highest BCUT2D eigenvalue weighted by Gasteiger charge is 2.14. The first-order chi connectivity index (χ1) is 7.61. The first-order valence-electron chi connectivity index (χ1n) is 5.46. The van der Waals surface area contributed by atoms with E-state index in [2.05, 4.69) is 31.9 Å². The second-order valence-electron chi connectivity index (χ2n) is 4.00. The van der Waals surface area contributed by atoms with E-state index in [1.807, 2.05) is 17.1 Å². The lowest BCUT2D eigenvalue weighted by molar-refractivity contribution is 0.658. The van der Waals surface area contributed by atoms with Gasteiger partial charge in [-0.1, -0.05) is 0 Å². The summed E-state index contributed by atoms with van der Waals surface area (Å²) in [5.74, 6) is 0. The van der Waals surface area contributed by atoms with Crippen LogP contribution >= 0.6 is 11.3 Å². The average Bonchev–Trinajstić information content (AvgIpc) is 2.86. The van der Waals surface area contributed by atoms with E-state index < -0.39 is 0 Å². The van der Waals surface area contributed by atoms with E-state index >= 15 is 0 Å². The molecule has 16 heavy (non-hydrogen) atoms. The van der Waals surface area contributed by atoms with Crippen molar-refractivity contribution in [1.82, 2.24) is 9.78 Å². The Balaban J connectivity index is 2.27. The first-order valence-corrected chi connectivity index (χ1v) is 6.28. The van der Waals surface area contributed by atoms with Crippen molar-refractivity contribution < 1.29 is 0 Å². The molecule has 1 unspecified atom stereocenters. The van der Waals surface area contributed by atoms with Gasteiger partial charge in [-0.25, -0.2) is 0 Å². The average molecular weight is 235 g/mol. The van der Waals surface area contributed by atoms with Gasteiger partial charge in [-0.3, -0.25) is 4.68 Å². The Morgan fingerprint density at radius 2 is 2.25 bits per heavy atom. The zero-order valence-corrected chi connectivity index (χ0v) is 10.7. The van der Waals surface area contributed by atoms with Crippen LogP contribution in [-0.2, 0) is 6.54 Å². The van der Waals surface area contributed by atoms with E-state index in [-0.39, 0.29) is 6.04 Å². The first kappa shape index (κ1) is 11.4. The fourth-order valence-corrected chi connectivity index (χ4v) is 2.70. The van der Waals surface area contributed by atoms with Gasteiger partial charge in [-0.15, -0.1) is 11.3 Å². The second-order valence-corrected chi connectivity index (χ2v) is 5.28. The summed E-state index contributed by atoms with van der Waals surface area (Å²) < 4.78 is 1.91. The molecule has 2 heterocycles. The molecule has 0 fully saturated rings. The summed E-state index contributed by atoms with van der Waals surface area (Å²) in [5, 5.41) is 4.25. The molecule has 1 atom stereocenters. The normalized spacial score (nSPS) is 13.0. The molecule has 2 rings (SSSR count). The third kappa shape index (κ3) is 2.03. The summed E-state index contributed by atoms with van der Waals surface area (Å²) in [5.41, 5.74) is 8.63. The summed E-state index contributed by atoms with van der Waals surface area (Å²) in [6.07, 6.45) is 3.88. The van der Waals surface area contributed by atoms with Crippen LogP contribution in [-0.4, -0.2) is 9.78 Å². The predicted octanol–water partition coefficient (Wildman–Crippen LogP) is 2.63. The van der Waals surface area contributed by atoms with Crippen LogP contribution in [0, 0.1) is 13.8 Å². The van der Waals surface area contributed by atoms with Gasteiger partial charge in [0.1, 0.15) is 0 Å². The van der Waals surface area contributed by atoms with Crippen molar-refractivity contribution in [3.05, 3.63) is 39.3 Å². The minimum absolute atomic E-state index is 0.0438. The van der Waals surface area contributed by atoms with E-state index in [4.69, 9.17) is 5.73 Å². The van der Waals surface area contributed by atoms with E-state index in [0.717, 1.165) is 12.1 Å². The molecular weight excluding hydrogens is 218 g/mol. The molecule has 0 amide bonds. The molecule has 0 aliphatic rings. The van der Waals surface area contributed by atoms with Crippen molar-refractivity contribution >= 4 is 11.3 Å². The molecule has 0 saturated heterocycles. The van der Waals surface area contributed by atoms with Crippen molar-refractivity contribution in [2.45, 2.75) is 33.4 Å². The molecule has 2 N–H and O–H groups in total. The Hall–Kier alpha value is -1.13. The van der Waals surface area contributed by atoms with Gasteiger partial charge in [0.15, 0.2) is 0 Å². The molecule has 0 radical (unpaired) electrons. The molecule has 0 bridgehead atoms. The Labute approximate surface area is 99.9 Å². The Morgan fingerprint density at radius 1 is 1.50 bits per heavy atom. The zero-order chi connectivity index (χ0) is 11.7. The van der Waals surface area contributed by atoms with Crippen LogP contribution in [0.3, 0.4) is 0 Å². The van der Waals surface area contributed by atoms with Crippen LogP contribution in [0.5, 0.6) is 0 Å². The third-order valence-corrected chi connectivity index (χ3v) is 4.06. The van der Waals surface area contributed by atoms with Crippen molar-refractivity contribution in [1.29, 1.82) is 0 Å². The molecule has 0 aromatic carbocycles. The van der Waals surface area contributed by atoms with Crippen LogP contribution in [0.1, 0.15) is 33.8 Å². The second kappa shape index (κ2) is 4.39. The molecule has 3 nitrogen and oxygen atoms in total. The molecule has 0 aliphatic heterocycles. The van der Waals surface area contributed by atoms with Crippen LogP contribution in [0.15, 0.2) is 18.5 Å². The van der Waals surface area contributed by atoms with Crippen molar-refractivity contribution in [2.75, 3.05) is 0 Å². The molecule has 86 valence electrons. The largest absolute Gasteiger partial charge is 0.320 e.